The average molecular weight is 248 g/mol. The van der Waals surface area contributed by atoms with Gasteiger partial charge in [-0.25, -0.2) is 0 Å². The molecule has 1 aromatic carbocycles. The van der Waals surface area contributed by atoms with Crippen molar-refractivity contribution in [2.45, 2.75) is 50.9 Å². The summed E-state index contributed by atoms with van der Waals surface area (Å²) in [7, 11) is -1.53. The zero-order valence-corrected chi connectivity index (χ0v) is 12.2. The number of hydrogen-bond acceptors (Lipinski definition) is 1. The lowest BCUT2D eigenvalue weighted by Gasteiger charge is -2.42. The highest BCUT2D eigenvalue weighted by molar-refractivity contribution is 6.91. The lowest BCUT2D eigenvalue weighted by Crippen LogP contribution is -2.52. The molecule has 0 saturated heterocycles. The molecule has 1 aliphatic carbocycles. The molecule has 3 atom stereocenters. The maximum absolute atomic E-state index is 10.5. The minimum atomic E-state index is -1.53. The molecule has 0 amide bonds. The normalized spacial score (nSPS) is 30.2. The Hall–Kier alpha value is -0.603. The monoisotopic (exact) mass is 248 g/mol. The van der Waals surface area contributed by atoms with Gasteiger partial charge in [-0.2, -0.15) is 0 Å². The second-order valence-corrected chi connectivity index (χ2v) is 10.9. The molecule has 0 heterocycles. The summed E-state index contributed by atoms with van der Waals surface area (Å²) in [4.78, 5) is 0. The van der Waals surface area contributed by atoms with Crippen LogP contribution in [0.25, 0.3) is 0 Å². The topological polar surface area (TPSA) is 20.2 Å². The van der Waals surface area contributed by atoms with Gasteiger partial charge in [-0.05, 0) is 17.9 Å². The SMILES string of the molecule is C[C@H]1CCC[C@@H]([Si](C)(C)c2ccccc2)[C@@H]1O. The summed E-state index contributed by atoms with van der Waals surface area (Å²) >= 11 is 0. The van der Waals surface area contributed by atoms with E-state index in [0.717, 1.165) is 0 Å². The fraction of sp³-hybridized carbons (Fsp3) is 0.600. The predicted molar refractivity (Wildman–Crippen MR) is 76.3 cm³/mol. The Morgan fingerprint density at radius 2 is 1.76 bits per heavy atom. The summed E-state index contributed by atoms with van der Waals surface area (Å²) in [6.07, 6.45) is 3.59. The lowest BCUT2D eigenvalue weighted by atomic mass is 9.87. The summed E-state index contributed by atoms with van der Waals surface area (Å²) < 4.78 is 0. The van der Waals surface area contributed by atoms with Crippen molar-refractivity contribution in [2.75, 3.05) is 0 Å². The van der Waals surface area contributed by atoms with Gasteiger partial charge in [0.1, 0.15) is 0 Å². The van der Waals surface area contributed by atoms with E-state index < -0.39 is 8.07 Å². The van der Waals surface area contributed by atoms with Crippen molar-refractivity contribution in [3.63, 3.8) is 0 Å². The van der Waals surface area contributed by atoms with E-state index in [-0.39, 0.29) is 6.10 Å². The molecule has 0 bridgehead atoms. The van der Waals surface area contributed by atoms with Crippen molar-refractivity contribution in [1.29, 1.82) is 0 Å². The van der Waals surface area contributed by atoms with E-state index in [1.807, 2.05) is 0 Å². The molecule has 1 saturated carbocycles. The Bertz CT molecular complexity index is 360. The van der Waals surface area contributed by atoms with Crippen LogP contribution in [0.5, 0.6) is 0 Å². The molecule has 0 aromatic heterocycles. The van der Waals surface area contributed by atoms with Crippen molar-refractivity contribution in [3.05, 3.63) is 30.3 Å². The van der Waals surface area contributed by atoms with E-state index >= 15 is 0 Å². The van der Waals surface area contributed by atoms with Gasteiger partial charge in [0.15, 0.2) is 0 Å². The molecule has 1 aliphatic rings. The number of aliphatic hydroxyl groups is 1. The molecule has 0 radical (unpaired) electrons. The first-order chi connectivity index (χ1) is 8.03. The van der Waals surface area contributed by atoms with Gasteiger partial charge >= 0.3 is 0 Å². The third kappa shape index (κ3) is 2.48. The molecule has 1 aromatic rings. The maximum Gasteiger partial charge on any atom is 0.0862 e. The van der Waals surface area contributed by atoms with Gasteiger partial charge in [0.25, 0.3) is 0 Å². The summed E-state index contributed by atoms with van der Waals surface area (Å²) in [5.41, 5.74) is 0.522. The van der Waals surface area contributed by atoms with Crippen LogP contribution in [0.15, 0.2) is 30.3 Å². The molecule has 0 aliphatic heterocycles. The van der Waals surface area contributed by atoms with Crippen LogP contribution in [-0.4, -0.2) is 19.3 Å². The van der Waals surface area contributed by atoms with Crippen LogP contribution in [0.3, 0.4) is 0 Å². The summed E-state index contributed by atoms with van der Waals surface area (Å²) in [5.74, 6) is 0.476. The zero-order chi connectivity index (χ0) is 12.5. The molecule has 1 fully saturated rings. The van der Waals surface area contributed by atoms with E-state index in [1.54, 1.807) is 0 Å². The van der Waals surface area contributed by atoms with Crippen molar-refractivity contribution in [1.82, 2.24) is 0 Å². The van der Waals surface area contributed by atoms with Crippen LogP contribution in [0.4, 0.5) is 0 Å². The number of benzene rings is 1. The van der Waals surface area contributed by atoms with Gasteiger partial charge in [0.05, 0.1) is 14.2 Å². The minimum Gasteiger partial charge on any atom is -0.393 e. The summed E-state index contributed by atoms with van der Waals surface area (Å²) in [6.45, 7) is 7.02. The highest BCUT2D eigenvalue weighted by Gasteiger charge is 2.41. The third-order valence-electron chi connectivity index (χ3n) is 4.61. The largest absolute Gasteiger partial charge is 0.393 e. The molecule has 0 unspecified atom stereocenters. The Labute approximate surface area is 106 Å². The molecule has 2 rings (SSSR count). The van der Waals surface area contributed by atoms with Crippen molar-refractivity contribution < 1.29 is 5.11 Å². The average Bonchev–Trinajstić information content (AvgIpc) is 2.33. The molecule has 0 spiro atoms. The molecule has 2 heteroatoms. The van der Waals surface area contributed by atoms with Gasteiger partial charge in [-0.3, -0.25) is 0 Å². The lowest BCUT2D eigenvalue weighted by molar-refractivity contribution is 0.0773. The smallest absolute Gasteiger partial charge is 0.0862 e. The van der Waals surface area contributed by atoms with Crippen LogP contribution in [0.1, 0.15) is 26.2 Å². The number of rotatable bonds is 2. The highest BCUT2D eigenvalue weighted by Crippen LogP contribution is 2.39. The van der Waals surface area contributed by atoms with E-state index in [1.165, 1.54) is 24.4 Å². The van der Waals surface area contributed by atoms with Gasteiger partial charge < -0.3 is 5.11 Å². The van der Waals surface area contributed by atoms with Crippen LogP contribution in [0, 0.1) is 5.92 Å². The Morgan fingerprint density at radius 3 is 2.41 bits per heavy atom. The van der Waals surface area contributed by atoms with Crippen LogP contribution >= 0.6 is 0 Å². The minimum absolute atomic E-state index is 0.0920. The Balaban J connectivity index is 2.25. The molecular weight excluding hydrogens is 224 g/mol. The van der Waals surface area contributed by atoms with E-state index in [9.17, 15) is 5.11 Å². The second kappa shape index (κ2) is 4.95. The fourth-order valence-electron chi connectivity index (χ4n) is 3.27. The first kappa shape index (κ1) is 12.8. The molecule has 1 nitrogen and oxygen atoms in total. The number of hydrogen-bond donors (Lipinski definition) is 1. The Morgan fingerprint density at radius 1 is 1.12 bits per heavy atom. The second-order valence-electron chi connectivity index (χ2n) is 6.09. The zero-order valence-electron chi connectivity index (χ0n) is 11.2. The first-order valence-electron chi connectivity index (χ1n) is 6.77. The van der Waals surface area contributed by atoms with Crippen molar-refractivity contribution in [2.24, 2.45) is 5.92 Å². The van der Waals surface area contributed by atoms with Crippen LogP contribution < -0.4 is 5.19 Å². The molecule has 1 N–H and O–H groups in total. The summed E-state index contributed by atoms with van der Waals surface area (Å²) in [5, 5.41) is 12.0. The summed E-state index contributed by atoms with van der Waals surface area (Å²) in [6, 6.07) is 10.8. The van der Waals surface area contributed by atoms with Gasteiger partial charge in [0.2, 0.25) is 0 Å². The van der Waals surface area contributed by atoms with Gasteiger partial charge in [-0.1, -0.05) is 68.4 Å². The number of aliphatic hydroxyl groups excluding tert-OH is 1. The van der Waals surface area contributed by atoms with E-state index in [2.05, 4.69) is 50.3 Å². The predicted octanol–water partition coefficient (Wildman–Crippen LogP) is 3.15. The van der Waals surface area contributed by atoms with E-state index in [0.29, 0.717) is 11.5 Å². The van der Waals surface area contributed by atoms with E-state index in [4.69, 9.17) is 0 Å². The molecule has 94 valence electrons. The van der Waals surface area contributed by atoms with Crippen molar-refractivity contribution >= 4 is 13.3 Å². The first-order valence-corrected chi connectivity index (χ1v) is 9.85. The van der Waals surface area contributed by atoms with Crippen LogP contribution in [0.2, 0.25) is 18.6 Å². The third-order valence-corrected chi connectivity index (χ3v) is 8.92. The Kier molecular flexibility index (Phi) is 3.74. The molecular formula is C15H24OSi. The molecule has 17 heavy (non-hydrogen) atoms. The maximum atomic E-state index is 10.5. The van der Waals surface area contributed by atoms with Gasteiger partial charge in [0, 0.05) is 0 Å². The standard InChI is InChI=1S/C15H24OSi/c1-12-8-7-11-14(15(12)16)17(2,3)13-9-5-4-6-10-13/h4-6,9-10,12,14-16H,7-8,11H2,1-3H3/t12-,14+,15+/m0/s1. The highest BCUT2D eigenvalue weighted by atomic mass is 28.3. The fourth-order valence-corrected chi connectivity index (χ4v) is 6.86. The quantitative estimate of drug-likeness (QED) is 0.797. The van der Waals surface area contributed by atoms with Crippen LogP contribution in [-0.2, 0) is 0 Å². The van der Waals surface area contributed by atoms with Gasteiger partial charge in [-0.15, -0.1) is 0 Å². The van der Waals surface area contributed by atoms with Crippen molar-refractivity contribution in [3.8, 4) is 0 Å².